The van der Waals surface area contributed by atoms with Crippen molar-refractivity contribution in [3.05, 3.63) is 12.4 Å². The predicted molar refractivity (Wildman–Crippen MR) is 28.8 cm³/mol. The lowest BCUT2D eigenvalue weighted by Gasteiger charge is -1.77. The van der Waals surface area contributed by atoms with Gasteiger partial charge in [-0.15, -0.1) is 0 Å². The standard InChI is InChI=1S/C2H3Cl2P/c1-2-5(3)4/h2H,1H2. The smallest absolute Gasteiger partial charge is 0.0963 e. The van der Waals surface area contributed by atoms with Gasteiger partial charge in [0, 0.05) is 0 Å². The average Bonchev–Trinajstić information content (AvgIpc) is 1.38. The molecule has 0 atom stereocenters. The molecule has 0 unspecified atom stereocenters. The van der Waals surface area contributed by atoms with Crippen LogP contribution < -0.4 is 0 Å². The summed E-state index contributed by atoms with van der Waals surface area (Å²) in [4.78, 5) is 0. The molecule has 0 N–H and O–H groups in total. The first kappa shape index (κ1) is 5.75. The van der Waals surface area contributed by atoms with Crippen molar-refractivity contribution in [2.45, 2.75) is 0 Å². The molecule has 0 saturated carbocycles. The van der Waals surface area contributed by atoms with Crippen LogP contribution in [0, 0.1) is 0 Å². The fraction of sp³-hybridized carbons (Fsp3) is 0. The second-order valence-corrected chi connectivity index (χ2v) is 4.03. The van der Waals surface area contributed by atoms with Gasteiger partial charge in [-0.05, 0) is 5.82 Å². The first-order valence-electron chi connectivity index (χ1n) is 1.00. The van der Waals surface area contributed by atoms with Gasteiger partial charge in [0.05, 0.1) is 0 Å². The van der Waals surface area contributed by atoms with Crippen LogP contribution in [0.5, 0.6) is 0 Å². The molecular formula is C2H3Cl2P. The molecule has 0 fully saturated rings. The summed E-state index contributed by atoms with van der Waals surface area (Å²) in [5.74, 6) is 1.51. The van der Waals surface area contributed by atoms with Crippen LogP contribution in [0.15, 0.2) is 12.4 Å². The van der Waals surface area contributed by atoms with Gasteiger partial charge in [0.25, 0.3) is 0 Å². The Morgan fingerprint density at radius 1 is 1.60 bits per heavy atom. The van der Waals surface area contributed by atoms with Crippen LogP contribution in [0.3, 0.4) is 0 Å². The van der Waals surface area contributed by atoms with Crippen LogP contribution in [0.2, 0.25) is 0 Å². The van der Waals surface area contributed by atoms with E-state index in [2.05, 4.69) is 6.58 Å². The van der Waals surface area contributed by atoms with Gasteiger partial charge in [-0.1, -0.05) is 29.1 Å². The molecule has 0 aromatic heterocycles. The molecule has 0 nitrogen and oxygen atoms in total. The van der Waals surface area contributed by atoms with Gasteiger partial charge in [0.15, 0.2) is 0 Å². The summed E-state index contributed by atoms with van der Waals surface area (Å²) in [6.07, 6.45) is 0. The maximum atomic E-state index is 5.17. The number of rotatable bonds is 1. The maximum Gasteiger partial charge on any atom is 0.108 e. The van der Waals surface area contributed by atoms with E-state index in [4.69, 9.17) is 22.5 Å². The molecule has 5 heavy (non-hydrogen) atoms. The second-order valence-electron chi connectivity index (χ2n) is 0.442. The van der Waals surface area contributed by atoms with Gasteiger partial charge >= 0.3 is 0 Å². The highest BCUT2D eigenvalue weighted by Crippen LogP contribution is 2.47. The molecule has 0 aliphatic heterocycles. The Kier molecular flexibility index (Phi) is 3.40. The summed E-state index contributed by atoms with van der Waals surface area (Å²) in [5.41, 5.74) is 0. The molecule has 0 aromatic carbocycles. The highest BCUT2D eigenvalue weighted by atomic mass is 35.9. The monoisotopic (exact) mass is 128 g/mol. The van der Waals surface area contributed by atoms with Gasteiger partial charge in [-0.3, -0.25) is 0 Å². The minimum Gasteiger partial charge on any atom is -0.0963 e. The van der Waals surface area contributed by atoms with Crippen molar-refractivity contribution in [3.8, 4) is 0 Å². The lowest BCUT2D eigenvalue weighted by Crippen LogP contribution is -1.20. The highest BCUT2D eigenvalue weighted by Gasteiger charge is 1.81. The summed E-state index contributed by atoms with van der Waals surface area (Å²) < 4.78 is 0. The van der Waals surface area contributed by atoms with Crippen molar-refractivity contribution < 1.29 is 0 Å². The fourth-order valence-electron chi connectivity index (χ4n) is 0. The Balaban J connectivity index is 2.83. The lowest BCUT2D eigenvalue weighted by atomic mass is 11.3. The summed E-state index contributed by atoms with van der Waals surface area (Å²) >= 11 is 10.3. The molecular weight excluding hydrogens is 126 g/mol. The van der Waals surface area contributed by atoms with Gasteiger partial charge in [-0.2, -0.15) is 0 Å². The molecule has 0 spiro atoms. The van der Waals surface area contributed by atoms with Gasteiger partial charge in [0.2, 0.25) is 0 Å². The van der Waals surface area contributed by atoms with E-state index in [1.165, 1.54) is 5.82 Å². The van der Waals surface area contributed by atoms with Gasteiger partial charge < -0.3 is 0 Å². The first-order valence-corrected chi connectivity index (χ1v) is 4.23. The molecule has 0 heterocycles. The second kappa shape index (κ2) is 2.96. The van der Waals surface area contributed by atoms with E-state index in [0.717, 1.165) is 0 Å². The van der Waals surface area contributed by atoms with E-state index in [-0.39, 0.29) is 0 Å². The topological polar surface area (TPSA) is 0 Å². The summed E-state index contributed by atoms with van der Waals surface area (Å²) in [7, 11) is 0. The van der Waals surface area contributed by atoms with Crippen LogP contribution in [-0.2, 0) is 0 Å². The molecule has 0 aromatic rings. The molecule has 0 bridgehead atoms. The third-order valence-corrected chi connectivity index (χ3v) is 1.24. The molecule has 0 radical (unpaired) electrons. The SMILES string of the molecule is C=CP(Cl)Cl. The Morgan fingerprint density at radius 2 is 1.80 bits per heavy atom. The average molecular weight is 129 g/mol. The number of hydrogen-bond donors (Lipinski definition) is 0. The van der Waals surface area contributed by atoms with Crippen LogP contribution in [0.25, 0.3) is 0 Å². The van der Waals surface area contributed by atoms with E-state index in [9.17, 15) is 0 Å². The molecule has 0 saturated heterocycles. The van der Waals surface area contributed by atoms with Crippen molar-refractivity contribution in [2.75, 3.05) is 0 Å². The third kappa shape index (κ3) is 4.75. The zero-order valence-corrected chi connectivity index (χ0v) is 4.89. The van der Waals surface area contributed by atoms with Crippen molar-refractivity contribution >= 4 is 29.1 Å². The summed E-state index contributed by atoms with van der Waals surface area (Å²) in [6, 6.07) is 0. The van der Waals surface area contributed by atoms with Crippen molar-refractivity contribution in [1.29, 1.82) is 0 Å². The molecule has 0 aliphatic carbocycles. The van der Waals surface area contributed by atoms with E-state index in [1.54, 1.807) is 0 Å². The lowest BCUT2D eigenvalue weighted by molar-refractivity contribution is 2.66. The Morgan fingerprint density at radius 3 is 1.80 bits per heavy atom. The van der Waals surface area contributed by atoms with Crippen LogP contribution >= 0.6 is 29.1 Å². The summed E-state index contributed by atoms with van der Waals surface area (Å²) in [6.45, 7) is 2.44. The molecule has 30 valence electrons. The quantitative estimate of drug-likeness (QED) is 0.477. The maximum absolute atomic E-state index is 5.17. The van der Waals surface area contributed by atoms with Crippen molar-refractivity contribution in [1.82, 2.24) is 0 Å². The minimum absolute atomic E-state index is 0.890. The zero-order valence-electron chi connectivity index (χ0n) is 2.49. The fourth-order valence-corrected chi connectivity index (χ4v) is 0. The van der Waals surface area contributed by atoms with E-state index in [0.29, 0.717) is 0 Å². The number of hydrogen-bond acceptors (Lipinski definition) is 0. The largest absolute Gasteiger partial charge is 0.108 e. The summed E-state index contributed by atoms with van der Waals surface area (Å²) in [5, 5.41) is 0. The normalized spacial score (nSPS) is 8.60. The van der Waals surface area contributed by atoms with Gasteiger partial charge in [-0.25, -0.2) is 0 Å². The molecule has 0 rings (SSSR count). The van der Waals surface area contributed by atoms with Gasteiger partial charge in [0.1, 0.15) is 6.63 Å². The first-order chi connectivity index (χ1) is 2.27. The molecule has 0 aliphatic rings. The Labute approximate surface area is 42.1 Å². The van der Waals surface area contributed by atoms with Crippen LogP contribution in [-0.4, -0.2) is 0 Å². The molecule has 0 amide bonds. The van der Waals surface area contributed by atoms with E-state index in [1.807, 2.05) is 0 Å². The predicted octanol–water partition coefficient (Wildman–Crippen LogP) is 2.92. The van der Waals surface area contributed by atoms with E-state index < -0.39 is 6.63 Å². The van der Waals surface area contributed by atoms with Crippen LogP contribution in [0.4, 0.5) is 0 Å². The minimum atomic E-state index is -0.890. The molecule has 3 heteroatoms. The van der Waals surface area contributed by atoms with Crippen molar-refractivity contribution in [3.63, 3.8) is 0 Å². The Bertz CT molecular complexity index is 34.6. The van der Waals surface area contributed by atoms with Crippen molar-refractivity contribution in [2.24, 2.45) is 0 Å². The van der Waals surface area contributed by atoms with Crippen LogP contribution in [0.1, 0.15) is 0 Å². The van der Waals surface area contributed by atoms with E-state index >= 15 is 0 Å². The third-order valence-electron chi connectivity index (χ3n) is 0.138. The Hall–Kier alpha value is 0.750. The highest BCUT2D eigenvalue weighted by molar-refractivity contribution is 8.05. The number of halogens is 2. The zero-order chi connectivity index (χ0) is 4.28.